The highest BCUT2D eigenvalue weighted by atomic mass is 16.4. The van der Waals surface area contributed by atoms with Gasteiger partial charge in [0.05, 0.1) is 11.4 Å². The molecule has 188 valence electrons. The zero-order valence-corrected chi connectivity index (χ0v) is 20.4. The molecule has 1 atom stereocenters. The number of hydrogen-bond acceptors (Lipinski definition) is 4. The molecule has 1 aromatic heterocycles. The number of nitrogens with zero attached hydrogens (tertiary/aromatic N) is 2. The molecule has 0 fully saturated rings. The molecule has 0 aliphatic carbocycles. The number of carboxylic acid groups (broad SMARTS) is 1. The number of aliphatic carboxylic acids is 1. The number of amides is 1. The fraction of sp³-hybridized carbons (Fsp3) is 0.0645. The lowest BCUT2D eigenvalue weighted by atomic mass is 10.0. The number of carbonyl (C=O) groups excluding carboxylic acids is 1. The van der Waals surface area contributed by atoms with Crippen LogP contribution in [0.5, 0.6) is 5.75 Å². The highest BCUT2D eigenvalue weighted by Crippen LogP contribution is 2.28. The third-order valence-corrected chi connectivity index (χ3v) is 6.19. The molecule has 7 heteroatoms. The average molecular weight is 504 g/mol. The zero-order chi connectivity index (χ0) is 26.5. The minimum atomic E-state index is -1.14. The number of para-hydroxylation sites is 1. The Balaban J connectivity index is 1.43. The molecule has 7 nitrogen and oxygen atoms in total. The van der Waals surface area contributed by atoms with Crippen molar-refractivity contribution in [2.45, 2.75) is 12.5 Å². The van der Waals surface area contributed by atoms with Crippen LogP contribution in [0.1, 0.15) is 11.1 Å². The lowest BCUT2D eigenvalue weighted by Gasteiger charge is -2.13. The molecule has 38 heavy (non-hydrogen) atoms. The Morgan fingerprint density at radius 3 is 2.34 bits per heavy atom. The summed E-state index contributed by atoms with van der Waals surface area (Å²) in [5.41, 5.74) is 3.86. The highest BCUT2D eigenvalue weighted by molar-refractivity contribution is 5.95. The van der Waals surface area contributed by atoms with E-state index in [0.29, 0.717) is 16.8 Å². The van der Waals surface area contributed by atoms with Gasteiger partial charge in [-0.05, 0) is 52.7 Å². The topological polar surface area (TPSA) is 104 Å². The zero-order valence-electron chi connectivity index (χ0n) is 20.4. The van der Waals surface area contributed by atoms with E-state index >= 15 is 0 Å². The lowest BCUT2D eigenvalue weighted by Crippen LogP contribution is -2.41. The Labute approximate surface area is 219 Å². The number of phenolic OH excluding ortho intramolecular Hbond substituents is 1. The van der Waals surface area contributed by atoms with Crippen LogP contribution in [0.3, 0.4) is 0 Å². The number of phenols is 1. The van der Waals surface area contributed by atoms with E-state index in [2.05, 4.69) is 11.4 Å². The molecule has 1 amide bonds. The van der Waals surface area contributed by atoms with Crippen molar-refractivity contribution in [3.8, 4) is 22.7 Å². The maximum absolute atomic E-state index is 12.7. The molecule has 0 saturated heterocycles. The Bertz CT molecular complexity index is 1620. The molecular formula is C31H25N3O4. The number of carbonyl (C=O) groups is 2. The van der Waals surface area contributed by atoms with Crippen LogP contribution < -0.4 is 5.32 Å². The maximum Gasteiger partial charge on any atom is 0.326 e. The largest absolute Gasteiger partial charge is 0.508 e. The molecule has 0 unspecified atom stereocenters. The summed E-state index contributed by atoms with van der Waals surface area (Å²) in [5, 5.41) is 28.6. The van der Waals surface area contributed by atoms with E-state index in [-0.39, 0.29) is 12.2 Å². The van der Waals surface area contributed by atoms with Gasteiger partial charge in [0.2, 0.25) is 5.91 Å². The molecule has 0 bridgehead atoms. The predicted octanol–water partition coefficient (Wildman–Crippen LogP) is 5.22. The fourth-order valence-corrected chi connectivity index (χ4v) is 4.24. The number of nitrogens with one attached hydrogen (secondary N) is 1. The van der Waals surface area contributed by atoms with Crippen molar-refractivity contribution >= 4 is 28.7 Å². The molecule has 3 N–H and O–H groups in total. The van der Waals surface area contributed by atoms with E-state index in [1.807, 2.05) is 72.9 Å². The molecule has 0 aliphatic rings. The second-order valence-electron chi connectivity index (χ2n) is 8.88. The van der Waals surface area contributed by atoms with E-state index in [9.17, 15) is 19.8 Å². The summed E-state index contributed by atoms with van der Waals surface area (Å²) in [6.07, 6.45) is 4.90. The van der Waals surface area contributed by atoms with Gasteiger partial charge < -0.3 is 15.5 Å². The van der Waals surface area contributed by atoms with Gasteiger partial charge in [0.25, 0.3) is 0 Å². The first-order valence-electron chi connectivity index (χ1n) is 12.1. The van der Waals surface area contributed by atoms with Crippen LogP contribution in [0.15, 0.2) is 109 Å². The van der Waals surface area contributed by atoms with E-state index in [1.165, 1.54) is 18.2 Å². The van der Waals surface area contributed by atoms with E-state index in [4.69, 9.17) is 5.10 Å². The van der Waals surface area contributed by atoms with Gasteiger partial charge in [-0.15, -0.1) is 0 Å². The van der Waals surface area contributed by atoms with Crippen molar-refractivity contribution in [3.63, 3.8) is 0 Å². The first-order chi connectivity index (χ1) is 18.5. The summed E-state index contributed by atoms with van der Waals surface area (Å²) in [5.74, 6) is -1.59. The van der Waals surface area contributed by atoms with Crippen LogP contribution in [0.25, 0.3) is 33.8 Å². The number of fused-ring (bicyclic) bond motifs is 1. The van der Waals surface area contributed by atoms with Gasteiger partial charge in [0, 0.05) is 29.8 Å². The quantitative estimate of drug-likeness (QED) is 0.252. The van der Waals surface area contributed by atoms with Crippen molar-refractivity contribution in [3.05, 3.63) is 120 Å². The highest BCUT2D eigenvalue weighted by Gasteiger charge is 2.20. The van der Waals surface area contributed by atoms with Crippen LogP contribution in [-0.4, -0.2) is 37.9 Å². The van der Waals surface area contributed by atoms with Crippen molar-refractivity contribution in [1.82, 2.24) is 15.1 Å². The second kappa shape index (κ2) is 10.8. The van der Waals surface area contributed by atoms with Crippen molar-refractivity contribution in [2.24, 2.45) is 0 Å². The fourth-order valence-electron chi connectivity index (χ4n) is 4.24. The summed E-state index contributed by atoms with van der Waals surface area (Å²) in [7, 11) is 0. The average Bonchev–Trinajstić information content (AvgIpc) is 3.37. The molecule has 0 aliphatic heterocycles. The summed E-state index contributed by atoms with van der Waals surface area (Å²) in [6, 6.07) is 28.9. The van der Waals surface area contributed by atoms with Crippen LogP contribution in [0, 0.1) is 0 Å². The summed E-state index contributed by atoms with van der Waals surface area (Å²) >= 11 is 0. The third-order valence-electron chi connectivity index (χ3n) is 6.19. The van der Waals surface area contributed by atoms with Gasteiger partial charge in [-0.1, -0.05) is 66.7 Å². The Kier molecular flexibility index (Phi) is 6.99. The van der Waals surface area contributed by atoms with Gasteiger partial charge >= 0.3 is 5.97 Å². The maximum atomic E-state index is 12.7. The lowest BCUT2D eigenvalue weighted by molar-refractivity contribution is -0.141. The first kappa shape index (κ1) is 24.5. The van der Waals surface area contributed by atoms with Crippen LogP contribution in [0.4, 0.5) is 0 Å². The van der Waals surface area contributed by atoms with Crippen LogP contribution in [-0.2, 0) is 16.0 Å². The van der Waals surface area contributed by atoms with Gasteiger partial charge in [-0.3, -0.25) is 4.79 Å². The van der Waals surface area contributed by atoms with Crippen molar-refractivity contribution in [2.75, 3.05) is 0 Å². The Morgan fingerprint density at radius 1 is 0.895 bits per heavy atom. The number of rotatable bonds is 8. The number of benzene rings is 4. The van der Waals surface area contributed by atoms with Crippen molar-refractivity contribution in [1.29, 1.82) is 0 Å². The smallest absolute Gasteiger partial charge is 0.326 e. The van der Waals surface area contributed by atoms with E-state index < -0.39 is 17.9 Å². The summed E-state index contributed by atoms with van der Waals surface area (Å²) in [4.78, 5) is 24.5. The third kappa shape index (κ3) is 5.63. The van der Waals surface area contributed by atoms with Gasteiger partial charge in [-0.2, -0.15) is 5.10 Å². The minimum Gasteiger partial charge on any atom is -0.508 e. The minimum absolute atomic E-state index is 0.0868. The van der Waals surface area contributed by atoms with E-state index in [1.54, 1.807) is 22.9 Å². The molecule has 0 saturated carbocycles. The van der Waals surface area contributed by atoms with Crippen molar-refractivity contribution < 1.29 is 19.8 Å². The first-order valence-corrected chi connectivity index (χ1v) is 12.1. The second-order valence-corrected chi connectivity index (χ2v) is 8.88. The number of aromatic hydroxyl groups is 1. The summed E-state index contributed by atoms with van der Waals surface area (Å²) in [6.45, 7) is 0. The van der Waals surface area contributed by atoms with Crippen LogP contribution in [0.2, 0.25) is 0 Å². The van der Waals surface area contributed by atoms with Gasteiger partial charge in [0.1, 0.15) is 11.8 Å². The molecule has 5 rings (SSSR count). The van der Waals surface area contributed by atoms with E-state index in [0.717, 1.165) is 22.0 Å². The van der Waals surface area contributed by atoms with Gasteiger partial charge in [0.15, 0.2) is 0 Å². The molecule has 0 spiro atoms. The summed E-state index contributed by atoms with van der Waals surface area (Å²) < 4.78 is 1.76. The Hall–Kier alpha value is -5.17. The molecule has 1 heterocycles. The Morgan fingerprint density at radius 2 is 1.61 bits per heavy atom. The van der Waals surface area contributed by atoms with Crippen LogP contribution >= 0.6 is 0 Å². The predicted molar refractivity (Wildman–Crippen MR) is 147 cm³/mol. The number of hydrogen-bond donors (Lipinski definition) is 3. The molecule has 0 radical (unpaired) electrons. The molecule has 5 aromatic rings. The molecular weight excluding hydrogens is 478 g/mol. The SMILES string of the molecule is O=C(/C=C\c1cn(-c2ccccc2)nc1-c1ccc2ccccc2c1)N[C@@H](Cc1ccc(O)cc1)C(=O)O. The number of carboxylic acids is 1. The van der Waals surface area contributed by atoms with Gasteiger partial charge in [-0.25, -0.2) is 9.48 Å². The number of aromatic nitrogens is 2. The standard InChI is InChI=1S/C31H25N3O4/c35-27-15-10-21(11-16-27)18-28(31(37)38)32-29(36)17-14-25-20-34(26-8-2-1-3-9-26)33-30(25)24-13-12-22-6-4-5-7-23(22)19-24/h1-17,19-20,28,35H,18H2,(H,32,36)(H,37,38)/b17-14-/t28-/m0/s1. The monoisotopic (exact) mass is 503 g/mol. The molecule has 4 aromatic carbocycles. The normalized spacial score (nSPS) is 12.0.